The van der Waals surface area contributed by atoms with E-state index in [1.54, 1.807) is 54.4 Å². The van der Waals surface area contributed by atoms with Crippen LogP contribution in [0.1, 0.15) is 62.3 Å². The van der Waals surface area contributed by atoms with Crippen LogP contribution in [0.5, 0.6) is 0 Å². The second-order valence-corrected chi connectivity index (χ2v) is 80.2. The zero-order valence-electron chi connectivity index (χ0n) is 17.3. The van der Waals surface area contributed by atoms with Crippen molar-refractivity contribution in [2.45, 2.75) is 117 Å². The van der Waals surface area contributed by atoms with E-state index in [-0.39, 0.29) is 0 Å². The van der Waals surface area contributed by atoms with Gasteiger partial charge < -0.3 is 0 Å². The van der Waals surface area contributed by atoms with Gasteiger partial charge in [0.1, 0.15) is 0 Å². The Morgan fingerprint density at radius 1 is 0.364 bits per heavy atom. The van der Waals surface area contributed by atoms with Crippen LogP contribution in [0, 0.1) is 0 Å². The van der Waals surface area contributed by atoms with Crippen molar-refractivity contribution in [1.82, 2.24) is 0 Å². The van der Waals surface area contributed by atoms with Crippen molar-refractivity contribution < 1.29 is 0 Å². The molecule has 0 aromatic heterocycles. The molecule has 0 bridgehead atoms. The molecule has 0 aromatic rings. The first kappa shape index (κ1) is 23.5. The Labute approximate surface area is 150 Å². The molecule has 0 aliphatic heterocycles. The summed E-state index contributed by atoms with van der Waals surface area (Å²) in [6.45, 7) is 23.5. The van der Waals surface area contributed by atoms with Crippen molar-refractivity contribution in [3.05, 3.63) is 0 Å². The third-order valence-corrected chi connectivity index (χ3v) is 163. The fourth-order valence-corrected chi connectivity index (χ4v) is 238. The standard InChI is InChI=1S/3C6H15Si.Bi/c3*1-4-7(5-2)6-3;/h3*4-6H2,1-3H3;. The van der Waals surface area contributed by atoms with Crippen molar-refractivity contribution in [1.29, 1.82) is 0 Å². The summed E-state index contributed by atoms with van der Waals surface area (Å²) in [6.07, 6.45) is 0. The van der Waals surface area contributed by atoms with Crippen molar-refractivity contribution in [2.75, 3.05) is 0 Å². The Morgan fingerprint density at radius 2 is 0.500 bits per heavy atom. The molecule has 0 spiro atoms. The summed E-state index contributed by atoms with van der Waals surface area (Å²) in [5.41, 5.74) is 0. The average Bonchev–Trinajstić information content (AvgIpc) is 2.60. The zero-order chi connectivity index (χ0) is 17.4. The molecular formula is C18H45BiSi3. The minimum atomic E-state index is -1.43. The molecule has 0 aromatic carbocycles. The molecular weight excluding hydrogens is 509 g/mol. The van der Waals surface area contributed by atoms with Crippen LogP contribution >= 0.6 is 0 Å². The molecule has 0 fully saturated rings. The second-order valence-electron chi connectivity index (χ2n) is 7.19. The van der Waals surface area contributed by atoms with Gasteiger partial charge in [0.25, 0.3) is 0 Å². The van der Waals surface area contributed by atoms with Gasteiger partial charge in [0.2, 0.25) is 0 Å². The van der Waals surface area contributed by atoms with Gasteiger partial charge in [-0.3, -0.25) is 0 Å². The van der Waals surface area contributed by atoms with Gasteiger partial charge in [-0.15, -0.1) is 0 Å². The van der Waals surface area contributed by atoms with Crippen LogP contribution in [0.15, 0.2) is 0 Å². The summed E-state index contributed by atoms with van der Waals surface area (Å²) in [4.78, 5) is 0. The Morgan fingerprint density at radius 3 is 0.591 bits per heavy atom. The predicted octanol–water partition coefficient (Wildman–Crippen LogP) is 7.24. The van der Waals surface area contributed by atoms with E-state index < -0.39 is 34.8 Å². The number of hydrogen-bond acceptors (Lipinski definition) is 0. The van der Waals surface area contributed by atoms with Gasteiger partial charge in [-0.25, -0.2) is 0 Å². The summed E-state index contributed by atoms with van der Waals surface area (Å²) in [5, 5.41) is -2.75. The van der Waals surface area contributed by atoms with Crippen molar-refractivity contribution >= 4 is 34.8 Å². The molecule has 4 heteroatoms. The monoisotopic (exact) mass is 554 g/mol. The van der Waals surface area contributed by atoms with Crippen molar-refractivity contribution in [2.24, 2.45) is 0 Å². The normalized spacial score (nSPS) is 13.9. The van der Waals surface area contributed by atoms with E-state index >= 15 is 0 Å². The molecule has 0 atom stereocenters. The van der Waals surface area contributed by atoms with Gasteiger partial charge in [-0.2, -0.15) is 0 Å². The molecule has 0 aliphatic rings. The molecule has 0 heterocycles. The van der Waals surface area contributed by atoms with Crippen molar-refractivity contribution in [3.8, 4) is 0 Å². The van der Waals surface area contributed by atoms with Gasteiger partial charge in [0.05, 0.1) is 0 Å². The van der Waals surface area contributed by atoms with Crippen LogP contribution in [-0.4, -0.2) is 34.8 Å². The Kier molecular flexibility index (Phi) is 11.2. The predicted molar refractivity (Wildman–Crippen MR) is 117 cm³/mol. The van der Waals surface area contributed by atoms with Gasteiger partial charge >= 0.3 is 152 Å². The van der Waals surface area contributed by atoms with E-state index in [1.165, 1.54) is 0 Å². The molecule has 0 unspecified atom stereocenters. The summed E-state index contributed by atoms with van der Waals surface area (Å²) < 4.78 is 0. The van der Waals surface area contributed by atoms with Crippen LogP contribution < -0.4 is 0 Å². The zero-order valence-corrected chi connectivity index (χ0v) is 23.8. The first-order chi connectivity index (χ1) is 10.4. The third kappa shape index (κ3) is 4.19. The Bertz CT molecular complexity index is 222. The molecule has 22 heavy (non-hydrogen) atoms. The van der Waals surface area contributed by atoms with Crippen LogP contribution in [0.25, 0.3) is 0 Å². The maximum atomic E-state index is 2.61. The SMILES string of the molecule is CC[Si](CC)(CC)[Bi]([Si](CC)(CC)CC)[Si](CC)(CC)CC. The molecule has 0 saturated heterocycles. The van der Waals surface area contributed by atoms with Gasteiger partial charge in [-0.05, 0) is 0 Å². The van der Waals surface area contributed by atoms with E-state index in [0.717, 1.165) is 0 Å². The quantitative estimate of drug-likeness (QED) is 0.223. The fraction of sp³-hybridized carbons (Fsp3) is 1.00. The fourth-order valence-electron chi connectivity index (χ4n) is 5.18. The Hall–Kier alpha value is 1.53. The summed E-state index contributed by atoms with van der Waals surface area (Å²) in [7, 11) is 0. The average molecular weight is 555 g/mol. The molecule has 0 radical (unpaired) electrons. The van der Waals surface area contributed by atoms with Gasteiger partial charge in [0, 0.05) is 0 Å². The van der Waals surface area contributed by atoms with Crippen LogP contribution in [0.4, 0.5) is 0 Å². The van der Waals surface area contributed by atoms with Gasteiger partial charge in [-0.1, -0.05) is 0 Å². The third-order valence-electron chi connectivity index (χ3n) is 7.35. The molecule has 134 valence electrons. The first-order valence-electron chi connectivity index (χ1n) is 10.2. The topological polar surface area (TPSA) is 0 Å². The first-order valence-corrected chi connectivity index (χ1v) is 33.6. The van der Waals surface area contributed by atoms with E-state index in [0.29, 0.717) is 0 Å². The maximum absolute atomic E-state index is 2.61. The summed E-state index contributed by atoms with van der Waals surface area (Å²) in [5.74, 6) is 0. The molecule has 0 nitrogen and oxygen atoms in total. The second kappa shape index (κ2) is 10.5. The molecule has 0 amide bonds. The summed E-state index contributed by atoms with van der Waals surface area (Å²) >= 11 is -1.43. The molecule has 0 N–H and O–H groups in total. The number of hydrogen-bond donors (Lipinski definition) is 0. The van der Waals surface area contributed by atoms with Crippen molar-refractivity contribution in [3.63, 3.8) is 0 Å². The molecule has 0 aliphatic carbocycles. The van der Waals surface area contributed by atoms with Gasteiger partial charge in [0.15, 0.2) is 0 Å². The molecule has 0 saturated carbocycles. The molecule has 0 rings (SSSR count). The Balaban J connectivity index is 6.42. The van der Waals surface area contributed by atoms with Crippen LogP contribution in [0.3, 0.4) is 0 Å². The summed E-state index contributed by atoms with van der Waals surface area (Å²) in [6, 6.07) is 14.8. The van der Waals surface area contributed by atoms with E-state index in [1.807, 2.05) is 0 Å². The van der Waals surface area contributed by atoms with Crippen LogP contribution in [-0.2, 0) is 0 Å². The van der Waals surface area contributed by atoms with Crippen LogP contribution in [0.2, 0.25) is 54.4 Å². The van der Waals surface area contributed by atoms with E-state index in [4.69, 9.17) is 0 Å². The van der Waals surface area contributed by atoms with E-state index in [2.05, 4.69) is 62.3 Å². The number of rotatable bonds is 12. The van der Waals surface area contributed by atoms with E-state index in [9.17, 15) is 0 Å². The minimum absolute atomic E-state index is 0.916.